The van der Waals surface area contributed by atoms with E-state index in [9.17, 15) is 4.79 Å². The molecule has 0 saturated carbocycles. The van der Waals surface area contributed by atoms with Crippen molar-refractivity contribution in [2.24, 2.45) is 0 Å². The molecule has 1 N–H and O–H groups in total. The molecule has 0 aliphatic carbocycles. The number of nitrogens with zero attached hydrogens (tertiary/aromatic N) is 2. The molecule has 0 bridgehead atoms. The molecule has 4 nitrogen and oxygen atoms in total. The summed E-state index contributed by atoms with van der Waals surface area (Å²) in [5, 5.41) is 13.2. The van der Waals surface area contributed by atoms with Gasteiger partial charge in [0.05, 0.1) is 10.7 Å². The van der Waals surface area contributed by atoms with E-state index >= 15 is 0 Å². The van der Waals surface area contributed by atoms with Gasteiger partial charge in [-0.15, -0.1) is 0 Å². The zero-order valence-corrected chi connectivity index (χ0v) is 10.1. The van der Waals surface area contributed by atoms with Gasteiger partial charge in [-0.2, -0.15) is 11.3 Å². The second-order valence-corrected chi connectivity index (χ2v) is 4.29. The molecule has 0 aromatic carbocycles. The molecule has 17 heavy (non-hydrogen) atoms. The van der Waals surface area contributed by atoms with Crippen LogP contribution in [-0.2, 0) is 0 Å². The van der Waals surface area contributed by atoms with Crippen LogP contribution in [0, 0.1) is 0 Å². The molecule has 0 aliphatic rings. The molecule has 0 fully saturated rings. The highest BCUT2D eigenvalue weighted by Crippen LogP contribution is 2.22. The van der Waals surface area contributed by atoms with Gasteiger partial charge in [0.25, 0.3) is 0 Å². The third-order valence-electron chi connectivity index (χ3n) is 1.98. The van der Waals surface area contributed by atoms with Crippen LogP contribution >= 0.6 is 22.9 Å². The fraction of sp³-hybridized carbons (Fsp3) is 0. The molecule has 0 unspecified atom stereocenters. The third-order valence-corrected chi connectivity index (χ3v) is 3.20. The number of thiophene rings is 1. The van der Waals surface area contributed by atoms with Crippen molar-refractivity contribution in [1.82, 2.24) is 9.97 Å². The van der Waals surface area contributed by atoms with Gasteiger partial charge in [-0.05, 0) is 17.5 Å². The lowest BCUT2D eigenvalue weighted by atomic mass is 10.2. The summed E-state index contributed by atoms with van der Waals surface area (Å²) in [7, 11) is 0. The maximum Gasteiger partial charge on any atom is 0.354 e. The Morgan fingerprint density at radius 3 is 2.82 bits per heavy atom. The van der Waals surface area contributed by atoms with Gasteiger partial charge in [-0.3, -0.25) is 0 Å². The maximum atomic E-state index is 10.7. The van der Waals surface area contributed by atoms with Crippen LogP contribution < -0.4 is 0 Å². The highest BCUT2D eigenvalue weighted by molar-refractivity contribution is 7.08. The van der Waals surface area contributed by atoms with Crippen molar-refractivity contribution in [1.29, 1.82) is 0 Å². The van der Waals surface area contributed by atoms with Crippen LogP contribution in [0.1, 0.15) is 21.7 Å². The molecule has 6 heteroatoms. The topological polar surface area (TPSA) is 63.1 Å². The lowest BCUT2D eigenvalue weighted by Gasteiger charge is -1.95. The van der Waals surface area contributed by atoms with Gasteiger partial charge < -0.3 is 5.11 Å². The average Bonchev–Trinajstić information content (AvgIpc) is 2.72. The molecule has 86 valence electrons. The Kier molecular flexibility index (Phi) is 3.51. The molecule has 2 aromatic heterocycles. The number of aromatic carboxylic acids is 1. The number of hydrogen-bond acceptors (Lipinski definition) is 4. The SMILES string of the molecule is O=C(O)c1cc(/C=C/c2cscc2Cl)ncn1. The van der Waals surface area contributed by atoms with E-state index in [1.54, 1.807) is 12.2 Å². The summed E-state index contributed by atoms with van der Waals surface area (Å²) in [5.74, 6) is -1.07. The third kappa shape index (κ3) is 2.89. The summed E-state index contributed by atoms with van der Waals surface area (Å²) < 4.78 is 0. The highest BCUT2D eigenvalue weighted by Gasteiger charge is 2.04. The first-order valence-electron chi connectivity index (χ1n) is 4.62. The molecule has 0 spiro atoms. The van der Waals surface area contributed by atoms with E-state index in [1.807, 2.05) is 10.8 Å². The second kappa shape index (κ2) is 5.07. The van der Waals surface area contributed by atoms with Crippen molar-refractivity contribution in [2.45, 2.75) is 0 Å². The second-order valence-electron chi connectivity index (χ2n) is 3.14. The fourth-order valence-electron chi connectivity index (χ4n) is 1.17. The van der Waals surface area contributed by atoms with Crippen molar-refractivity contribution < 1.29 is 9.90 Å². The summed E-state index contributed by atoms with van der Waals surface area (Å²) in [5.41, 5.74) is 1.38. The Morgan fingerprint density at radius 1 is 1.35 bits per heavy atom. The van der Waals surface area contributed by atoms with Gasteiger partial charge in [0.1, 0.15) is 6.33 Å². The molecular weight excluding hydrogens is 260 g/mol. The molecule has 0 amide bonds. The van der Waals surface area contributed by atoms with Gasteiger partial charge in [0.2, 0.25) is 0 Å². The molecule has 2 aromatic rings. The summed E-state index contributed by atoms with van der Waals surface area (Å²) in [6.07, 6.45) is 4.70. The smallest absolute Gasteiger partial charge is 0.354 e. The van der Waals surface area contributed by atoms with Crippen LogP contribution in [0.4, 0.5) is 0 Å². The summed E-state index contributed by atoms with van der Waals surface area (Å²) in [6.45, 7) is 0. The van der Waals surface area contributed by atoms with Crippen LogP contribution in [0.3, 0.4) is 0 Å². The Morgan fingerprint density at radius 2 is 2.18 bits per heavy atom. The van der Waals surface area contributed by atoms with Crippen LogP contribution in [0.25, 0.3) is 12.2 Å². The highest BCUT2D eigenvalue weighted by atomic mass is 35.5. The Balaban J connectivity index is 2.24. The molecule has 0 aliphatic heterocycles. The van der Waals surface area contributed by atoms with Crippen LogP contribution in [0.5, 0.6) is 0 Å². The summed E-state index contributed by atoms with van der Waals surface area (Å²) in [6, 6.07) is 1.40. The van der Waals surface area contributed by atoms with E-state index < -0.39 is 5.97 Å². The number of halogens is 1. The minimum atomic E-state index is -1.07. The number of carboxylic acids is 1. The van der Waals surface area contributed by atoms with Gasteiger partial charge in [0, 0.05) is 10.9 Å². The van der Waals surface area contributed by atoms with Crippen LogP contribution in [-0.4, -0.2) is 21.0 Å². The van der Waals surface area contributed by atoms with Gasteiger partial charge in [-0.1, -0.05) is 17.7 Å². The normalized spacial score (nSPS) is 10.9. The average molecular weight is 267 g/mol. The Hall–Kier alpha value is -1.72. The number of rotatable bonds is 3. The molecule has 2 heterocycles. The van der Waals surface area contributed by atoms with Crippen molar-refractivity contribution in [2.75, 3.05) is 0 Å². The number of carbonyl (C=O) groups is 1. The standard InChI is InChI=1S/C11H7ClN2O2S/c12-9-5-17-4-7(9)1-2-8-3-10(11(15)16)14-6-13-8/h1-6H,(H,15,16)/b2-1+. The summed E-state index contributed by atoms with van der Waals surface area (Å²) >= 11 is 7.42. The monoisotopic (exact) mass is 266 g/mol. The van der Waals surface area contributed by atoms with Crippen molar-refractivity contribution in [3.05, 3.63) is 45.1 Å². The molecule has 0 saturated heterocycles. The first kappa shape index (κ1) is 11.8. The Bertz CT molecular complexity index is 580. The predicted molar refractivity (Wildman–Crippen MR) is 67.2 cm³/mol. The van der Waals surface area contributed by atoms with E-state index in [0.717, 1.165) is 5.56 Å². The van der Waals surface area contributed by atoms with Gasteiger partial charge in [0.15, 0.2) is 5.69 Å². The first-order chi connectivity index (χ1) is 8.16. The van der Waals surface area contributed by atoms with E-state index in [4.69, 9.17) is 16.7 Å². The number of hydrogen-bond donors (Lipinski definition) is 1. The summed E-state index contributed by atoms with van der Waals surface area (Å²) in [4.78, 5) is 18.3. The fourth-order valence-corrected chi connectivity index (χ4v) is 2.18. The van der Waals surface area contributed by atoms with E-state index in [0.29, 0.717) is 10.7 Å². The van der Waals surface area contributed by atoms with Crippen LogP contribution in [0.15, 0.2) is 23.2 Å². The van der Waals surface area contributed by atoms with Gasteiger partial charge >= 0.3 is 5.97 Å². The van der Waals surface area contributed by atoms with Gasteiger partial charge in [-0.25, -0.2) is 14.8 Å². The zero-order valence-electron chi connectivity index (χ0n) is 8.50. The number of aromatic nitrogens is 2. The van der Waals surface area contributed by atoms with Crippen molar-refractivity contribution in [3.63, 3.8) is 0 Å². The maximum absolute atomic E-state index is 10.7. The largest absolute Gasteiger partial charge is 0.477 e. The molecule has 2 rings (SSSR count). The molecule has 0 atom stereocenters. The van der Waals surface area contributed by atoms with E-state index in [-0.39, 0.29) is 5.69 Å². The lowest BCUT2D eigenvalue weighted by molar-refractivity contribution is 0.0690. The predicted octanol–water partition coefficient (Wildman–Crippen LogP) is 3.06. The lowest BCUT2D eigenvalue weighted by Crippen LogP contribution is -2.00. The zero-order chi connectivity index (χ0) is 12.3. The molecule has 0 radical (unpaired) electrons. The minimum absolute atomic E-state index is 0.0314. The van der Waals surface area contributed by atoms with Crippen molar-refractivity contribution >= 4 is 41.1 Å². The first-order valence-corrected chi connectivity index (χ1v) is 5.94. The Labute approximate surface area is 106 Å². The van der Waals surface area contributed by atoms with E-state index in [2.05, 4.69) is 9.97 Å². The number of carboxylic acid groups (broad SMARTS) is 1. The van der Waals surface area contributed by atoms with E-state index in [1.165, 1.54) is 23.7 Å². The minimum Gasteiger partial charge on any atom is -0.477 e. The van der Waals surface area contributed by atoms with Crippen molar-refractivity contribution in [3.8, 4) is 0 Å². The quantitative estimate of drug-likeness (QED) is 0.927. The van der Waals surface area contributed by atoms with Crippen LogP contribution in [0.2, 0.25) is 5.02 Å². The molecular formula is C11H7ClN2O2S.